The number of rotatable bonds is 8. The molecule has 0 saturated heterocycles. The number of nitrogens with one attached hydrogen (secondary N) is 2. The van der Waals surface area contributed by atoms with Gasteiger partial charge in [-0.05, 0) is 31.9 Å². The van der Waals surface area contributed by atoms with E-state index in [1.807, 2.05) is 6.92 Å². The van der Waals surface area contributed by atoms with Crippen molar-refractivity contribution in [3.8, 4) is 0 Å². The van der Waals surface area contributed by atoms with Gasteiger partial charge in [-0.15, -0.1) is 0 Å². The molecule has 0 bridgehead atoms. The van der Waals surface area contributed by atoms with Gasteiger partial charge in [0.2, 0.25) is 5.91 Å². The molecule has 0 heterocycles. The van der Waals surface area contributed by atoms with Crippen molar-refractivity contribution in [1.82, 2.24) is 15.5 Å². The lowest BCUT2D eigenvalue weighted by Gasteiger charge is -2.29. The number of benzene rings is 1. The summed E-state index contributed by atoms with van der Waals surface area (Å²) in [5, 5.41) is 6.06. The van der Waals surface area contributed by atoms with E-state index in [0.29, 0.717) is 19.0 Å². The monoisotopic (exact) mass is 426 g/mol. The lowest BCUT2D eigenvalue weighted by atomic mass is 9.85. The summed E-state index contributed by atoms with van der Waals surface area (Å²) in [6, 6.07) is 5.35. The smallest absolute Gasteiger partial charge is 0.230 e. The van der Waals surface area contributed by atoms with Crippen LogP contribution in [0.2, 0.25) is 0 Å². The van der Waals surface area contributed by atoms with Crippen molar-refractivity contribution in [2.75, 3.05) is 39.5 Å². The molecule has 7 nitrogen and oxygen atoms in total. The Labute approximate surface area is 172 Å². The number of sulfone groups is 1. The summed E-state index contributed by atoms with van der Waals surface area (Å²) in [4.78, 5) is 18.5. The molecular weight excluding hydrogens is 395 g/mol. The highest BCUT2D eigenvalue weighted by atomic mass is 32.2. The third-order valence-electron chi connectivity index (χ3n) is 5.14. The number of nitrogens with zero attached hydrogens (tertiary/aromatic N) is 2. The minimum Gasteiger partial charge on any atom is -0.357 e. The molecule has 0 radical (unpaired) electrons. The molecule has 0 atom stereocenters. The lowest BCUT2D eigenvalue weighted by molar-refractivity contribution is -0.138. The second-order valence-corrected chi connectivity index (χ2v) is 9.64. The first kappa shape index (κ1) is 23.1. The van der Waals surface area contributed by atoms with Crippen LogP contribution < -0.4 is 10.6 Å². The van der Waals surface area contributed by atoms with E-state index in [1.165, 1.54) is 18.2 Å². The van der Waals surface area contributed by atoms with Gasteiger partial charge in [-0.2, -0.15) is 0 Å². The Morgan fingerprint density at radius 1 is 1.21 bits per heavy atom. The molecule has 1 aromatic rings. The average molecular weight is 427 g/mol. The summed E-state index contributed by atoms with van der Waals surface area (Å²) < 4.78 is 38.6. The Hall–Kier alpha value is -2.16. The van der Waals surface area contributed by atoms with E-state index in [4.69, 9.17) is 0 Å². The van der Waals surface area contributed by atoms with E-state index >= 15 is 0 Å². The third-order valence-corrected chi connectivity index (χ3v) is 6.88. The normalized spacial score (nSPS) is 16.5. The van der Waals surface area contributed by atoms with Crippen molar-refractivity contribution in [3.05, 3.63) is 30.1 Å². The molecule has 1 saturated carbocycles. The number of amides is 1. The average Bonchev–Trinajstić information content (AvgIpc) is 3.15. The standard InChI is InChI=1S/C20H31FN4O3S/c1-4-22-19(24-15-20(11-7-8-12-20)18(26)25(2)3)23-13-14-29(27,28)17-10-6-5-9-16(17)21/h5-6,9-10H,4,7-8,11-15H2,1-3H3,(H2,22,23,24). The van der Waals surface area contributed by atoms with Crippen LogP contribution in [0.4, 0.5) is 4.39 Å². The van der Waals surface area contributed by atoms with Crippen molar-refractivity contribution in [2.24, 2.45) is 10.4 Å². The van der Waals surface area contributed by atoms with Gasteiger partial charge < -0.3 is 15.5 Å². The van der Waals surface area contributed by atoms with Gasteiger partial charge in [0.1, 0.15) is 10.7 Å². The van der Waals surface area contributed by atoms with Gasteiger partial charge in [-0.25, -0.2) is 12.8 Å². The molecule has 0 unspecified atom stereocenters. The predicted octanol–water partition coefficient (Wildman–Crippen LogP) is 1.80. The highest BCUT2D eigenvalue weighted by Gasteiger charge is 2.42. The molecule has 1 fully saturated rings. The maximum Gasteiger partial charge on any atom is 0.230 e. The Kier molecular flexibility index (Phi) is 8.01. The SMILES string of the molecule is CCNC(=NCC1(C(=O)N(C)C)CCCC1)NCCS(=O)(=O)c1ccccc1F. The topological polar surface area (TPSA) is 90.9 Å². The summed E-state index contributed by atoms with van der Waals surface area (Å²) in [6.45, 7) is 2.93. The number of carbonyl (C=O) groups excluding carboxylic acids is 1. The Balaban J connectivity index is 2.04. The zero-order valence-electron chi connectivity index (χ0n) is 17.4. The fourth-order valence-electron chi connectivity index (χ4n) is 3.65. The molecule has 1 aliphatic carbocycles. The highest BCUT2D eigenvalue weighted by molar-refractivity contribution is 7.91. The van der Waals surface area contributed by atoms with Crippen LogP contribution in [0.1, 0.15) is 32.6 Å². The summed E-state index contributed by atoms with van der Waals surface area (Å²) in [6.07, 6.45) is 3.60. The van der Waals surface area contributed by atoms with Crippen LogP contribution in [0.25, 0.3) is 0 Å². The summed E-state index contributed by atoms with van der Waals surface area (Å²) >= 11 is 0. The zero-order valence-corrected chi connectivity index (χ0v) is 18.2. The highest BCUT2D eigenvalue weighted by Crippen LogP contribution is 2.39. The van der Waals surface area contributed by atoms with Gasteiger partial charge in [0, 0.05) is 27.2 Å². The number of aliphatic imine (C=N–C) groups is 1. The molecule has 0 aromatic heterocycles. The molecule has 162 valence electrons. The van der Waals surface area contributed by atoms with E-state index in [2.05, 4.69) is 15.6 Å². The first-order valence-corrected chi connectivity index (χ1v) is 11.6. The largest absolute Gasteiger partial charge is 0.357 e. The molecular formula is C20H31FN4O3S. The van der Waals surface area contributed by atoms with Crippen LogP contribution >= 0.6 is 0 Å². The van der Waals surface area contributed by atoms with E-state index in [1.54, 1.807) is 19.0 Å². The van der Waals surface area contributed by atoms with E-state index in [-0.39, 0.29) is 23.1 Å². The van der Waals surface area contributed by atoms with Gasteiger partial charge in [-0.3, -0.25) is 9.79 Å². The van der Waals surface area contributed by atoms with Gasteiger partial charge >= 0.3 is 0 Å². The first-order chi connectivity index (χ1) is 13.7. The van der Waals surface area contributed by atoms with Gasteiger partial charge in [0.05, 0.1) is 17.7 Å². The number of hydrogen-bond donors (Lipinski definition) is 2. The molecule has 2 rings (SSSR count). The molecule has 29 heavy (non-hydrogen) atoms. The zero-order chi connectivity index (χ0) is 21.5. The molecule has 0 aliphatic heterocycles. The summed E-state index contributed by atoms with van der Waals surface area (Å²) in [5.41, 5.74) is -0.495. The molecule has 9 heteroatoms. The second-order valence-electron chi connectivity index (χ2n) is 7.56. The maximum absolute atomic E-state index is 13.8. The van der Waals surface area contributed by atoms with E-state index in [9.17, 15) is 17.6 Å². The molecule has 1 aromatic carbocycles. The Morgan fingerprint density at radius 3 is 2.45 bits per heavy atom. The number of halogens is 1. The van der Waals surface area contributed by atoms with Gasteiger partial charge in [0.15, 0.2) is 15.8 Å². The summed E-state index contributed by atoms with van der Waals surface area (Å²) in [7, 11) is -0.244. The predicted molar refractivity (Wildman–Crippen MR) is 112 cm³/mol. The molecule has 0 spiro atoms. The lowest BCUT2D eigenvalue weighted by Crippen LogP contribution is -2.43. The third kappa shape index (κ3) is 5.91. The minimum atomic E-state index is -3.75. The van der Waals surface area contributed by atoms with Crippen molar-refractivity contribution >= 4 is 21.7 Å². The van der Waals surface area contributed by atoms with E-state index in [0.717, 1.165) is 31.7 Å². The van der Waals surface area contributed by atoms with Gasteiger partial charge in [0.25, 0.3) is 0 Å². The van der Waals surface area contributed by atoms with Crippen LogP contribution in [0.3, 0.4) is 0 Å². The van der Waals surface area contributed by atoms with Crippen LogP contribution in [-0.2, 0) is 14.6 Å². The number of hydrogen-bond acceptors (Lipinski definition) is 4. The van der Waals surface area contributed by atoms with Crippen LogP contribution in [0.15, 0.2) is 34.2 Å². The fourth-order valence-corrected chi connectivity index (χ4v) is 4.89. The first-order valence-electron chi connectivity index (χ1n) is 9.93. The fraction of sp³-hybridized carbons (Fsp3) is 0.600. The van der Waals surface area contributed by atoms with Crippen molar-refractivity contribution < 1.29 is 17.6 Å². The molecule has 1 amide bonds. The maximum atomic E-state index is 13.8. The quantitative estimate of drug-likeness (QED) is 0.489. The number of guanidine groups is 1. The number of carbonyl (C=O) groups is 1. The molecule has 1 aliphatic rings. The minimum absolute atomic E-state index is 0.0803. The Morgan fingerprint density at radius 2 is 1.86 bits per heavy atom. The van der Waals surface area contributed by atoms with Gasteiger partial charge in [-0.1, -0.05) is 25.0 Å². The summed E-state index contributed by atoms with van der Waals surface area (Å²) in [5.74, 6) is -0.482. The molecule has 2 N–H and O–H groups in total. The van der Waals surface area contributed by atoms with Crippen molar-refractivity contribution in [1.29, 1.82) is 0 Å². The van der Waals surface area contributed by atoms with Crippen LogP contribution in [0, 0.1) is 11.2 Å². The van der Waals surface area contributed by atoms with Crippen molar-refractivity contribution in [2.45, 2.75) is 37.5 Å². The van der Waals surface area contributed by atoms with Crippen LogP contribution in [-0.4, -0.2) is 64.7 Å². The second kappa shape index (κ2) is 10.0. The van der Waals surface area contributed by atoms with E-state index < -0.39 is 21.1 Å². The van der Waals surface area contributed by atoms with Crippen LogP contribution in [0.5, 0.6) is 0 Å². The Bertz CT molecular complexity index is 834. The van der Waals surface area contributed by atoms with Crippen molar-refractivity contribution in [3.63, 3.8) is 0 Å².